The number of primary sulfonamides is 1. The van der Waals surface area contributed by atoms with Gasteiger partial charge in [0.25, 0.3) is 0 Å². The Labute approximate surface area is 164 Å². The van der Waals surface area contributed by atoms with Crippen molar-refractivity contribution in [2.24, 2.45) is 5.14 Å². The summed E-state index contributed by atoms with van der Waals surface area (Å²) in [5.41, 5.74) is 1.61. The first kappa shape index (κ1) is 21.3. The van der Waals surface area contributed by atoms with Crippen molar-refractivity contribution in [1.82, 2.24) is 0 Å². The van der Waals surface area contributed by atoms with Gasteiger partial charge in [0, 0.05) is 11.8 Å². The Kier molecular flexibility index (Phi) is 7.02. The fourth-order valence-electron chi connectivity index (χ4n) is 2.52. The third-order valence-electron chi connectivity index (χ3n) is 3.68. The molecule has 0 heterocycles. The lowest BCUT2D eigenvalue weighted by atomic mass is 10.1. The van der Waals surface area contributed by atoms with Gasteiger partial charge in [0.1, 0.15) is 0 Å². The van der Waals surface area contributed by atoms with E-state index in [-0.39, 0.29) is 11.7 Å². The smallest absolute Gasteiger partial charge is 0.248 e. The van der Waals surface area contributed by atoms with Gasteiger partial charge in [0.2, 0.25) is 21.7 Å². The SMILES string of the molecule is COc1cc(/C=C/C(=O)Nc2cccc(CS(N)(=O)=O)c2)cc(OC)c1OC. The molecule has 0 aliphatic heterocycles. The minimum atomic E-state index is -3.65. The molecule has 8 nitrogen and oxygen atoms in total. The fourth-order valence-corrected chi connectivity index (χ4v) is 3.17. The van der Waals surface area contributed by atoms with E-state index in [0.717, 1.165) is 0 Å². The largest absolute Gasteiger partial charge is 0.493 e. The number of carbonyl (C=O) groups excluding carboxylic acids is 1. The number of amides is 1. The molecule has 0 spiro atoms. The van der Waals surface area contributed by atoms with Gasteiger partial charge in [-0.2, -0.15) is 0 Å². The molecule has 3 N–H and O–H groups in total. The molecule has 0 aliphatic carbocycles. The van der Waals surface area contributed by atoms with E-state index < -0.39 is 10.0 Å². The van der Waals surface area contributed by atoms with E-state index in [0.29, 0.717) is 34.1 Å². The van der Waals surface area contributed by atoms with Crippen LogP contribution >= 0.6 is 0 Å². The maximum absolute atomic E-state index is 12.2. The van der Waals surface area contributed by atoms with E-state index >= 15 is 0 Å². The topological polar surface area (TPSA) is 117 Å². The number of rotatable bonds is 8. The lowest BCUT2D eigenvalue weighted by molar-refractivity contribution is -0.111. The Balaban J connectivity index is 2.15. The number of nitrogens with one attached hydrogen (secondary N) is 1. The van der Waals surface area contributed by atoms with Crippen LogP contribution in [0.15, 0.2) is 42.5 Å². The predicted octanol–water partition coefficient (Wildman–Crippen LogP) is 2.15. The Morgan fingerprint density at radius 2 is 1.71 bits per heavy atom. The number of sulfonamides is 1. The molecule has 0 saturated heterocycles. The fraction of sp³-hybridized carbons (Fsp3) is 0.211. The summed E-state index contributed by atoms with van der Waals surface area (Å²) in [4.78, 5) is 12.2. The number of methoxy groups -OCH3 is 3. The molecule has 0 bridgehead atoms. The van der Waals surface area contributed by atoms with Gasteiger partial charge < -0.3 is 19.5 Å². The van der Waals surface area contributed by atoms with Gasteiger partial charge in [-0.1, -0.05) is 12.1 Å². The van der Waals surface area contributed by atoms with E-state index in [1.165, 1.54) is 27.4 Å². The van der Waals surface area contributed by atoms with E-state index in [1.54, 1.807) is 42.5 Å². The minimum Gasteiger partial charge on any atom is -0.493 e. The molecule has 2 rings (SSSR count). The van der Waals surface area contributed by atoms with E-state index in [9.17, 15) is 13.2 Å². The highest BCUT2D eigenvalue weighted by molar-refractivity contribution is 7.88. The summed E-state index contributed by atoms with van der Waals surface area (Å²) >= 11 is 0. The molecule has 0 aromatic heterocycles. The molecule has 0 aliphatic rings. The van der Waals surface area contributed by atoms with Crippen molar-refractivity contribution < 1.29 is 27.4 Å². The zero-order valence-corrected chi connectivity index (χ0v) is 16.6. The van der Waals surface area contributed by atoms with Gasteiger partial charge in [0.05, 0.1) is 27.1 Å². The first-order chi connectivity index (χ1) is 13.3. The average molecular weight is 406 g/mol. The van der Waals surface area contributed by atoms with Gasteiger partial charge in [-0.3, -0.25) is 4.79 Å². The van der Waals surface area contributed by atoms with Crippen LogP contribution in [0.5, 0.6) is 17.2 Å². The molecule has 0 radical (unpaired) electrons. The maximum atomic E-state index is 12.2. The van der Waals surface area contributed by atoms with Crippen LogP contribution in [-0.4, -0.2) is 35.7 Å². The summed E-state index contributed by atoms with van der Waals surface area (Å²) in [5, 5.41) is 7.71. The molecule has 28 heavy (non-hydrogen) atoms. The maximum Gasteiger partial charge on any atom is 0.248 e. The summed E-state index contributed by atoms with van der Waals surface area (Å²) in [6.07, 6.45) is 2.93. The highest BCUT2D eigenvalue weighted by Gasteiger charge is 2.12. The Bertz CT molecular complexity index is 961. The lowest BCUT2D eigenvalue weighted by Crippen LogP contribution is -2.15. The number of anilines is 1. The van der Waals surface area contributed by atoms with Crippen LogP contribution in [0.4, 0.5) is 5.69 Å². The summed E-state index contributed by atoms with van der Waals surface area (Å²) in [6, 6.07) is 9.87. The van der Waals surface area contributed by atoms with Gasteiger partial charge in [-0.25, -0.2) is 13.6 Å². The number of hydrogen-bond donors (Lipinski definition) is 2. The van der Waals surface area contributed by atoms with E-state index in [1.807, 2.05) is 0 Å². The number of nitrogens with two attached hydrogens (primary N) is 1. The standard InChI is InChI=1S/C19H22N2O6S/c1-25-16-10-13(11-17(26-2)19(16)27-3)7-8-18(22)21-15-6-4-5-14(9-15)12-28(20,23)24/h4-11H,12H2,1-3H3,(H,21,22)(H2,20,23,24)/b8-7+. The predicted molar refractivity (Wildman–Crippen MR) is 107 cm³/mol. The van der Waals surface area contributed by atoms with Gasteiger partial charge in [-0.15, -0.1) is 0 Å². The van der Waals surface area contributed by atoms with Gasteiger partial charge >= 0.3 is 0 Å². The first-order valence-corrected chi connectivity index (χ1v) is 9.85. The van der Waals surface area contributed by atoms with Crippen LogP contribution in [0.2, 0.25) is 0 Å². The first-order valence-electron chi connectivity index (χ1n) is 8.14. The van der Waals surface area contributed by atoms with E-state index in [4.69, 9.17) is 19.3 Å². The molecule has 2 aromatic carbocycles. The molecular formula is C19H22N2O6S. The number of ether oxygens (including phenoxy) is 3. The monoisotopic (exact) mass is 406 g/mol. The van der Waals surface area contributed by atoms with Crippen LogP contribution < -0.4 is 24.7 Å². The minimum absolute atomic E-state index is 0.308. The van der Waals surface area contributed by atoms with Crippen molar-refractivity contribution in [2.45, 2.75) is 5.75 Å². The summed E-state index contributed by atoms with van der Waals surface area (Å²) in [6.45, 7) is 0. The lowest BCUT2D eigenvalue weighted by Gasteiger charge is -2.12. The highest BCUT2D eigenvalue weighted by atomic mass is 32.2. The zero-order chi connectivity index (χ0) is 20.7. The molecule has 9 heteroatoms. The number of benzene rings is 2. The molecule has 1 amide bonds. The van der Waals surface area contributed by atoms with Crippen molar-refractivity contribution >= 4 is 27.7 Å². The van der Waals surface area contributed by atoms with Crippen molar-refractivity contribution in [3.8, 4) is 17.2 Å². The molecule has 150 valence electrons. The quantitative estimate of drug-likeness (QED) is 0.649. The third-order valence-corrected chi connectivity index (χ3v) is 4.41. The van der Waals surface area contributed by atoms with Crippen LogP contribution in [-0.2, 0) is 20.6 Å². The Morgan fingerprint density at radius 3 is 2.25 bits per heavy atom. The molecule has 2 aromatic rings. The van der Waals surface area contributed by atoms with Crippen LogP contribution in [0.1, 0.15) is 11.1 Å². The van der Waals surface area contributed by atoms with Gasteiger partial charge in [-0.05, 0) is 41.5 Å². The van der Waals surface area contributed by atoms with Crippen molar-refractivity contribution in [1.29, 1.82) is 0 Å². The normalized spacial score (nSPS) is 11.3. The molecule has 0 saturated carbocycles. The summed E-state index contributed by atoms with van der Waals surface area (Å²) in [7, 11) is 0.871. The van der Waals surface area contributed by atoms with Crippen LogP contribution in [0, 0.1) is 0 Å². The third kappa shape index (κ3) is 6.00. The van der Waals surface area contributed by atoms with Crippen LogP contribution in [0.3, 0.4) is 0 Å². The number of carbonyl (C=O) groups is 1. The van der Waals surface area contributed by atoms with Crippen molar-refractivity contribution in [3.63, 3.8) is 0 Å². The second-order valence-corrected chi connectivity index (χ2v) is 7.40. The molecular weight excluding hydrogens is 384 g/mol. The van der Waals surface area contributed by atoms with E-state index in [2.05, 4.69) is 5.32 Å². The zero-order valence-electron chi connectivity index (χ0n) is 15.8. The summed E-state index contributed by atoms with van der Waals surface area (Å²) in [5.74, 6) is 0.702. The Morgan fingerprint density at radius 1 is 1.07 bits per heavy atom. The van der Waals surface area contributed by atoms with Crippen molar-refractivity contribution in [3.05, 3.63) is 53.6 Å². The molecule has 0 atom stereocenters. The highest BCUT2D eigenvalue weighted by Crippen LogP contribution is 2.38. The van der Waals surface area contributed by atoms with Gasteiger partial charge in [0.15, 0.2) is 11.5 Å². The Hall–Kier alpha value is -3.04. The van der Waals surface area contributed by atoms with Crippen molar-refractivity contribution in [2.75, 3.05) is 26.6 Å². The molecule has 0 fully saturated rings. The average Bonchev–Trinajstić information content (AvgIpc) is 2.64. The molecule has 0 unspecified atom stereocenters. The second kappa shape index (κ2) is 9.25. The number of hydrogen-bond acceptors (Lipinski definition) is 6. The summed E-state index contributed by atoms with van der Waals surface area (Å²) < 4.78 is 38.2. The second-order valence-electron chi connectivity index (χ2n) is 5.79. The van der Waals surface area contributed by atoms with Crippen LogP contribution in [0.25, 0.3) is 6.08 Å².